The third kappa shape index (κ3) is 4.92. The number of rotatable bonds is 7. The second kappa shape index (κ2) is 8.28. The number of thiophene rings is 1. The molecule has 6 nitrogen and oxygen atoms in total. The smallest absolute Gasteiger partial charge is 0.294 e. The van der Waals surface area contributed by atoms with E-state index in [4.69, 9.17) is 4.74 Å². The van der Waals surface area contributed by atoms with E-state index in [0.717, 1.165) is 26.4 Å². The SMILES string of the molecule is COCCCNC(=O)CN1C(=O)S/C(=C\c2ccc(C)s2)C1=O. The van der Waals surface area contributed by atoms with Gasteiger partial charge in [0, 0.05) is 30.0 Å². The summed E-state index contributed by atoms with van der Waals surface area (Å²) in [5, 5.41) is 2.25. The average molecular weight is 354 g/mol. The maximum atomic E-state index is 12.3. The van der Waals surface area contributed by atoms with E-state index in [2.05, 4.69) is 5.32 Å². The largest absolute Gasteiger partial charge is 0.385 e. The highest BCUT2D eigenvalue weighted by atomic mass is 32.2. The zero-order valence-corrected chi connectivity index (χ0v) is 14.6. The molecule has 23 heavy (non-hydrogen) atoms. The molecule has 0 aliphatic carbocycles. The van der Waals surface area contributed by atoms with Gasteiger partial charge in [-0.05, 0) is 43.3 Å². The van der Waals surface area contributed by atoms with Gasteiger partial charge >= 0.3 is 0 Å². The molecule has 0 atom stereocenters. The molecule has 8 heteroatoms. The van der Waals surface area contributed by atoms with Crippen molar-refractivity contribution in [1.82, 2.24) is 10.2 Å². The van der Waals surface area contributed by atoms with Crippen LogP contribution in [0.2, 0.25) is 0 Å². The Bertz CT molecular complexity index is 639. The Morgan fingerprint density at radius 2 is 2.17 bits per heavy atom. The monoisotopic (exact) mass is 354 g/mol. The highest BCUT2D eigenvalue weighted by Gasteiger charge is 2.36. The van der Waals surface area contributed by atoms with Gasteiger partial charge in [0.25, 0.3) is 11.1 Å². The number of hydrogen-bond acceptors (Lipinski definition) is 6. The lowest BCUT2D eigenvalue weighted by atomic mass is 10.3. The Balaban J connectivity index is 1.93. The van der Waals surface area contributed by atoms with Gasteiger partial charge in [0.05, 0.1) is 4.91 Å². The molecular formula is C15H18N2O4S2. The molecule has 1 aromatic rings. The maximum absolute atomic E-state index is 12.3. The number of methoxy groups -OCH3 is 1. The van der Waals surface area contributed by atoms with Crippen LogP contribution in [0, 0.1) is 6.92 Å². The van der Waals surface area contributed by atoms with Crippen LogP contribution in [-0.4, -0.2) is 48.8 Å². The lowest BCUT2D eigenvalue weighted by molar-refractivity contribution is -0.129. The Labute approximate surface area is 142 Å². The lowest BCUT2D eigenvalue weighted by Crippen LogP contribution is -2.39. The van der Waals surface area contributed by atoms with Gasteiger partial charge in [0.2, 0.25) is 5.91 Å². The first-order valence-electron chi connectivity index (χ1n) is 7.08. The zero-order chi connectivity index (χ0) is 16.8. The molecule has 1 fully saturated rings. The second-order valence-corrected chi connectivity index (χ2v) is 7.23. The fourth-order valence-electron chi connectivity index (χ4n) is 1.94. The highest BCUT2D eigenvalue weighted by molar-refractivity contribution is 8.18. The second-order valence-electron chi connectivity index (χ2n) is 4.91. The molecule has 1 aromatic heterocycles. The number of ether oxygens (including phenoxy) is 1. The number of nitrogens with one attached hydrogen (secondary N) is 1. The van der Waals surface area contributed by atoms with Crippen LogP contribution in [0.25, 0.3) is 6.08 Å². The van der Waals surface area contributed by atoms with Crippen molar-refractivity contribution in [2.45, 2.75) is 13.3 Å². The first-order valence-corrected chi connectivity index (χ1v) is 8.72. The molecule has 0 saturated carbocycles. The van der Waals surface area contributed by atoms with Gasteiger partial charge in [-0.3, -0.25) is 19.3 Å². The lowest BCUT2D eigenvalue weighted by Gasteiger charge is -2.12. The van der Waals surface area contributed by atoms with Gasteiger partial charge in [0.1, 0.15) is 6.54 Å². The first kappa shape index (κ1) is 17.7. The van der Waals surface area contributed by atoms with Crippen LogP contribution >= 0.6 is 23.1 Å². The van der Waals surface area contributed by atoms with Crippen LogP contribution in [-0.2, 0) is 14.3 Å². The summed E-state index contributed by atoms with van der Waals surface area (Å²) in [7, 11) is 1.59. The van der Waals surface area contributed by atoms with E-state index in [0.29, 0.717) is 24.5 Å². The van der Waals surface area contributed by atoms with Gasteiger partial charge < -0.3 is 10.1 Å². The van der Waals surface area contributed by atoms with E-state index >= 15 is 0 Å². The Hall–Kier alpha value is -1.64. The van der Waals surface area contributed by atoms with Crippen LogP contribution in [0.5, 0.6) is 0 Å². The summed E-state index contributed by atoms with van der Waals surface area (Å²) in [6.45, 7) is 2.72. The molecule has 0 unspecified atom stereocenters. The topological polar surface area (TPSA) is 75.7 Å². The summed E-state index contributed by atoms with van der Waals surface area (Å²) in [6, 6.07) is 3.85. The fourth-order valence-corrected chi connectivity index (χ4v) is 3.66. The maximum Gasteiger partial charge on any atom is 0.294 e. The van der Waals surface area contributed by atoms with Gasteiger partial charge in [0.15, 0.2) is 0 Å². The van der Waals surface area contributed by atoms with Crippen LogP contribution in [0.15, 0.2) is 17.0 Å². The third-order valence-corrected chi connectivity index (χ3v) is 4.91. The van der Waals surface area contributed by atoms with Crippen LogP contribution in [0.1, 0.15) is 16.2 Å². The quantitative estimate of drug-likeness (QED) is 0.600. The predicted octanol–water partition coefficient (Wildman–Crippen LogP) is 2.25. The molecule has 1 aliphatic rings. The van der Waals surface area contributed by atoms with Gasteiger partial charge in [-0.15, -0.1) is 11.3 Å². The average Bonchev–Trinajstić information content (AvgIpc) is 3.02. The van der Waals surface area contributed by atoms with Crippen molar-refractivity contribution in [3.05, 3.63) is 26.8 Å². The van der Waals surface area contributed by atoms with Crippen molar-refractivity contribution in [3.8, 4) is 0 Å². The van der Waals surface area contributed by atoms with Crippen LogP contribution in [0.3, 0.4) is 0 Å². The van der Waals surface area contributed by atoms with E-state index < -0.39 is 11.1 Å². The molecular weight excluding hydrogens is 336 g/mol. The first-order chi connectivity index (χ1) is 11.0. The summed E-state index contributed by atoms with van der Waals surface area (Å²) in [4.78, 5) is 39.4. The number of hydrogen-bond donors (Lipinski definition) is 1. The van der Waals surface area contributed by atoms with Crippen molar-refractivity contribution in [1.29, 1.82) is 0 Å². The zero-order valence-electron chi connectivity index (χ0n) is 13.0. The van der Waals surface area contributed by atoms with Crippen molar-refractivity contribution < 1.29 is 19.1 Å². The Morgan fingerprint density at radius 1 is 1.39 bits per heavy atom. The van der Waals surface area contributed by atoms with Crippen LogP contribution < -0.4 is 5.32 Å². The minimum atomic E-state index is -0.418. The minimum absolute atomic E-state index is 0.252. The Morgan fingerprint density at radius 3 is 2.83 bits per heavy atom. The number of amides is 3. The number of aryl methyl sites for hydroxylation is 1. The normalized spacial score (nSPS) is 16.4. The van der Waals surface area contributed by atoms with Gasteiger partial charge in [-0.25, -0.2) is 0 Å². The van der Waals surface area contributed by atoms with Gasteiger partial charge in [-0.2, -0.15) is 0 Å². The summed E-state index contributed by atoms with van der Waals surface area (Å²) < 4.78 is 4.88. The fraction of sp³-hybridized carbons (Fsp3) is 0.400. The predicted molar refractivity (Wildman–Crippen MR) is 91.2 cm³/mol. The number of carbonyl (C=O) groups is 3. The summed E-state index contributed by atoms with van der Waals surface area (Å²) >= 11 is 2.41. The molecule has 1 N–H and O–H groups in total. The van der Waals surface area contributed by atoms with E-state index in [9.17, 15) is 14.4 Å². The molecule has 2 heterocycles. The standard InChI is InChI=1S/C15H18N2O4S2/c1-10-4-5-11(22-10)8-12-14(19)17(15(20)23-12)9-13(18)16-6-3-7-21-2/h4-5,8H,3,6-7,9H2,1-2H3,(H,16,18)/b12-8-. The molecule has 0 radical (unpaired) electrons. The van der Waals surface area contributed by atoms with Crippen molar-refractivity contribution in [3.63, 3.8) is 0 Å². The van der Waals surface area contributed by atoms with E-state index in [1.807, 2.05) is 19.1 Å². The molecule has 1 saturated heterocycles. The number of carbonyl (C=O) groups excluding carboxylic acids is 3. The number of thioether (sulfide) groups is 1. The molecule has 0 bridgehead atoms. The molecule has 3 amide bonds. The number of imide groups is 1. The van der Waals surface area contributed by atoms with Crippen LogP contribution in [0.4, 0.5) is 4.79 Å². The molecule has 0 spiro atoms. The van der Waals surface area contributed by atoms with Crippen molar-refractivity contribution in [2.75, 3.05) is 26.8 Å². The Kier molecular flexibility index (Phi) is 6.37. The third-order valence-electron chi connectivity index (χ3n) is 3.06. The summed E-state index contributed by atoms with van der Waals surface area (Å²) in [5.74, 6) is -0.769. The summed E-state index contributed by atoms with van der Waals surface area (Å²) in [6.07, 6.45) is 2.38. The molecule has 2 rings (SSSR count). The number of nitrogens with zero attached hydrogens (tertiary/aromatic N) is 1. The minimum Gasteiger partial charge on any atom is -0.385 e. The molecule has 124 valence electrons. The van der Waals surface area contributed by atoms with Crippen molar-refractivity contribution in [2.24, 2.45) is 0 Å². The van der Waals surface area contributed by atoms with E-state index in [-0.39, 0.29) is 12.5 Å². The highest BCUT2D eigenvalue weighted by Crippen LogP contribution is 2.33. The molecule has 1 aliphatic heterocycles. The van der Waals surface area contributed by atoms with E-state index in [1.54, 1.807) is 24.5 Å². The summed E-state index contributed by atoms with van der Waals surface area (Å²) in [5.41, 5.74) is 0. The van der Waals surface area contributed by atoms with Crippen molar-refractivity contribution >= 4 is 46.2 Å². The van der Waals surface area contributed by atoms with E-state index in [1.165, 1.54) is 0 Å². The van der Waals surface area contributed by atoms with Gasteiger partial charge in [-0.1, -0.05) is 0 Å². The molecule has 0 aromatic carbocycles.